The number of nitrogens with zero attached hydrogens (tertiary/aromatic N) is 3. The zero-order valence-electron chi connectivity index (χ0n) is 14.8. The molecule has 2 aromatic carbocycles. The number of thioether (sulfide) groups is 1. The maximum atomic E-state index is 13.1. The lowest BCUT2D eigenvalue weighted by molar-refractivity contribution is 0.210. The van der Waals surface area contributed by atoms with Gasteiger partial charge in [-0.2, -0.15) is 0 Å². The Kier molecular flexibility index (Phi) is 6.68. The molecular formula is C20H19BrFN3OS. The van der Waals surface area contributed by atoms with Crippen molar-refractivity contribution in [1.29, 1.82) is 0 Å². The van der Waals surface area contributed by atoms with Crippen LogP contribution in [0.1, 0.15) is 24.4 Å². The van der Waals surface area contributed by atoms with Crippen LogP contribution in [-0.4, -0.2) is 14.8 Å². The summed E-state index contributed by atoms with van der Waals surface area (Å²) in [5.41, 5.74) is 1.20. The van der Waals surface area contributed by atoms with Crippen LogP contribution < -0.4 is 4.74 Å². The molecule has 1 aromatic heterocycles. The Hall–Kier alpha value is -2.12. The third kappa shape index (κ3) is 5.20. The highest BCUT2D eigenvalue weighted by Crippen LogP contribution is 2.27. The number of hydrogen-bond acceptors (Lipinski definition) is 4. The first-order chi connectivity index (χ1) is 13.1. The molecule has 0 spiro atoms. The summed E-state index contributed by atoms with van der Waals surface area (Å²) in [7, 11) is 0. The lowest BCUT2D eigenvalue weighted by Crippen LogP contribution is -2.12. The van der Waals surface area contributed by atoms with Crippen LogP contribution in [0, 0.1) is 5.82 Å². The minimum atomic E-state index is -0.329. The van der Waals surface area contributed by atoms with E-state index in [9.17, 15) is 4.39 Å². The molecule has 1 atom stereocenters. The monoisotopic (exact) mass is 447 g/mol. The fourth-order valence-corrected chi connectivity index (χ4v) is 3.68. The summed E-state index contributed by atoms with van der Waals surface area (Å²) < 4.78 is 22.0. The van der Waals surface area contributed by atoms with Gasteiger partial charge in [0.25, 0.3) is 0 Å². The molecular weight excluding hydrogens is 429 g/mol. The Bertz CT molecular complexity index is 897. The van der Waals surface area contributed by atoms with Crippen LogP contribution in [0.15, 0.2) is 70.8 Å². The summed E-state index contributed by atoms with van der Waals surface area (Å²) in [6, 6.07) is 14.1. The standard InChI is InChI=1S/C20H19BrFN3OS/c1-3-12-25-19(14(2)26-18-10-8-17(22)9-11-18)23-24-20(25)27-13-15-4-6-16(21)7-5-15/h3-11,14H,1,12-13H2,2H3. The van der Waals surface area contributed by atoms with E-state index < -0.39 is 0 Å². The molecule has 0 N–H and O–H groups in total. The topological polar surface area (TPSA) is 39.9 Å². The van der Waals surface area contributed by atoms with Gasteiger partial charge in [-0.05, 0) is 48.9 Å². The SMILES string of the molecule is C=CCn1c(SCc2ccc(Br)cc2)nnc1C(C)Oc1ccc(F)cc1. The molecule has 3 aromatic rings. The highest BCUT2D eigenvalue weighted by Gasteiger charge is 2.19. The smallest absolute Gasteiger partial charge is 0.191 e. The first kappa shape index (κ1) is 19.6. The van der Waals surface area contributed by atoms with Crippen LogP contribution in [0.5, 0.6) is 5.75 Å². The van der Waals surface area contributed by atoms with E-state index in [1.807, 2.05) is 23.6 Å². The van der Waals surface area contributed by atoms with Gasteiger partial charge in [-0.1, -0.05) is 45.9 Å². The Balaban J connectivity index is 1.74. The molecule has 7 heteroatoms. The predicted octanol–water partition coefficient (Wildman–Crippen LogP) is 5.80. The molecule has 3 rings (SSSR count). The number of ether oxygens (including phenoxy) is 1. The van der Waals surface area contributed by atoms with Gasteiger partial charge in [-0.3, -0.25) is 4.57 Å². The Morgan fingerprint density at radius 2 is 1.89 bits per heavy atom. The van der Waals surface area contributed by atoms with E-state index in [0.29, 0.717) is 18.1 Å². The maximum Gasteiger partial charge on any atom is 0.191 e. The van der Waals surface area contributed by atoms with E-state index in [2.05, 4.69) is 44.8 Å². The molecule has 1 unspecified atom stereocenters. The number of hydrogen-bond donors (Lipinski definition) is 0. The molecule has 0 radical (unpaired) electrons. The maximum absolute atomic E-state index is 13.1. The van der Waals surface area contributed by atoms with E-state index in [-0.39, 0.29) is 11.9 Å². The fourth-order valence-electron chi connectivity index (χ4n) is 2.51. The van der Waals surface area contributed by atoms with Crippen molar-refractivity contribution in [3.63, 3.8) is 0 Å². The van der Waals surface area contributed by atoms with Gasteiger partial charge >= 0.3 is 0 Å². The first-order valence-corrected chi connectivity index (χ1v) is 10.2. The average molecular weight is 448 g/mol. The van der Waals surface area contributed by atoms with Crippen molar-refractivity contribution in [3.8, 4) is 5.75 Å². The number of benzene rings is 2. The van der Waals surface area contributed by atoms with Crippen molar-refractivity contribution < 1.29 is 9.13 Å². The van der Waals surface area contributed by atoms with E-state index in [4.69, 9.17) is 4.74 Å². The molecule has 1 heterocycles. The Morgan fingerprint density at radius 1 is 1.19 bits per heavy atom. The van der Waals surface area contributed by atoms with Crippen molar-refractivity contribution in [2.75, 3.05) is 0 Å². The second-order valence-electron chi connectivity index (χ2n) is 5.87. The van der Waals surface area contributed by atoms with Gasteiger partial charge in [0.05, 0.1) is 0 Å². The van der Waals surface area contributed by atoms with Crippen molar-refractivity contribution in [3.05, 3.63) is 82.9 Å². The van der Waals surface area contributed by atoms with Gasteiger partial charge in [0.1, 0.15) is 11.6 Å². The van der Waals surface area contributed by atoms with Crippen LogP contribution in [0.4, 0.5) is 4.39 Å². The summed E-state index contributed by atoms with van der Waals surface area (Å²) in [6.45, 7) is 6.31. The summed E-state index contributed by atoms with van der Waals surface area (Å²) in [5.74, 6) is 1.78. The highest BCUT2D eigenvalue weighted by atomic mass is 79.9. The van der Waals surface area contributed by atoms with E-state index in [1.165, 1.54) is 17.7 Å². The average Bonchev–Trinajstić information content (AvgIpc) is 3.06. The molecule has 0 fully saturated rings. The van der Waals surface area contributed by atoms with Gasteiger partial charge in [0.2, 0.25) is 0 Å². The second kappa shape index (κ2) is 9.19. The van der Waals surface area contributed by atoms with Crippen molar-refractivity contribution in [2.24, 2.45) is 0 Å². The Labute approximate surface area is 170 Å². The second-order valence-corrected chi connectivity index (χ2v) is 7.73. The number of halogens is 2. The Morgan fingerprint density at radius 3 is 2.56 bits per heavy atom. The normalized spacial score (nSPS) is 12.0. The third-order valence-electron chi connectivity index (χ3n) is 3.83. The first-order valence-electron chi connectivity index (χ1n) is 8.40. The predicted molar refractivity (Wildman–Crippen MR) is 109 cm³/mol. The quantitative estimate of drug-likeness (QED) is 0.323. The molecule has 0 aliphatic rings. The molecule has 0 saturated heterocycles. The van der Waals surface area contributed by atoms with Gasteiger partial charge in [0, 0.05) is 16.8 Å². The van der Waals surface area contributed by atoms with E-state index in [1.54, 1.807) is 30.0 Å². The molecule has 0 saturated carbocycles. The number of rotatable bonds is 8. The van der Waals surface area contributed by atoms with Crippen LogP contribution in [-0.2, 0) is 12.3 Å². The molecule has 4 nitrogen and oxygen atoms in total. The van der Waals surface area contributed by atoms with Crippen LogP contribution in [0.2, 0.25) is 0 Å². The van der Waals surface area contributed by atoms with Crippen LogP contribution in [0.25, 0.3) is 0 Å². The fraction of sp³-hybridized carbons (Fsp3) is 0.200. The van der Waals surface area contributed by atoms with Gasteiger partial charge in [0.15, 0.2) is 17.1 Å². The molecule has 0 aliphatic heterocycles. The third-order valence-corrected chi connectivity index (χ3v) is 5.39. The van der Waals surface area contributed by atoms with E-state index >= 15 is 0 Å². The van der Waals surface area contributed by atoms with Crippen molar-refractivity contribution in [2.45, 2.75) is 30.5 Å². The zero-order chi connectivity index (χ0) is 19.2. The lowest BCUT2D eigenvalue weighted by atomic mass is 10.2. The number of aromatic nitrogens is 3. The van der Waals surface area contributed by atoms with Gasteiger partial charge in [-0.15, -0.1) is 16.8 Å². The summed E-state index contributed by atoms with van der Waals surface area (Å²) in [6.07, 6.45) is 1.48. The lowest BCUT2D eigenvalue weighted by Gasteiger charge is -2.15. The zero-order valence-corrected chi connectivity index (χ0v) is 17.2. The molecule has 0 bridgehead atoms. The minimum Gasteiger partial charge on any atom is -0.483 e. The molecule has 0 aliphatic carbocycles. The summed E-state index contributed by atoms with van der Waals surface area (Å²) >= 11 is 5.06. The highest BCUT2D eigenvalue weighted by molar-refractivity contribution is 9.10. The van der Waals surface area contributed by atoms with Crippen molar-refractivity contribution >= 4 is 27.7 Å². The van der Waals surface area contributed by atoms with Crippen LogP contribution in [0.3, 0.4) is 0 Å². The van der Waals surface area contributed by atoms with E-state index in [0.717, 1.165) is 15.4 Å². The van der Waals surface area contributed by atoms with Crippen molar-refractivity contribution in [1.82, 2.24) is 14.8 Å². The van der Waals surface area contributed by atoms with Crippen LogP contribution >= 0.6 is 27.7 Å². The molecule has 0 amide bonds. The minimum absolute atomic E-state index is 0.295. The summed E-state index contributed by atoms with van der Waals surface area (Å²) in [4.78, 5) is 0. The number of allylic oxidation sites excluding steroid dienone is 1. The molecule has 140 valence electrons. The molecule has 27 heavy (non-hydrogen) atoms. The van der Waals surface area contributed by atoms with Gasteiger partial charge in [-0.25, -0.2) is 4.39 Å². The van der Waals surface area contributed by atoms with Gasteiger partial charge < -0.3 is 4.74 Å². The largest absolute Gasteiger partial charge is 0.483 e. The summed E-state index contributed by atoms with van der Waals surface area (Å²) in [5, 5.41) is 9.44.